The Morgan fingerprint density at radius 3 is 2.68 bits per heavy atom. The van der Waals surface area contributed by atoms with E-state index in [1.165, 1.54) is 13.2 Å². The summed E-state index contributed by atoms with van der Waals surface area (Å²) in [6.45, 7) is 3.86. The molecular weight excluding hydrogens is 386 g/mol. The summed E-state index contributed by atoms with van der Waals surface area (Å²) >= 11 is 6.14. The molecular formula is C20H22ClNO6. The number of rotatable bonds is 4. The predicted octanol–water partition coefficient (Wildman–Crippen LogP) is 2.70. The van der Waals surface area contributed by atoms with E-state index in [9.17, 15) is 19.5 Å². The third kappa shape index (κ3) is 3.46. The topological polar surface area (TPSA) is 102 Å². The fourth-order valence-electron chi connectivity index (χ4n) is 3.94. The average molecular weight is 408 g/mol. The third-order valence-corrected chi connectivity index (χ3v) is 5.49. The highest BCUT2D eigenvalue weighted by atomic mass is 35.5. The minimum absolute atomic E-state index is 0.0273. The molecule has 0 bridgehead atoms. The second kappa shape index (κ2) is 7.83. The molecule has 0 fully saturated rings. The molecule has 0 aromatic heterocycles. The first kappa shape index (κ1) is 20.2. The van der Waals surface area contributed by atoms with Gasteiger partial charge in [0.2, 0.25) is 5.91 Å². The summed E-state index contributed by atoms with van der Waals surface area (Å²) in [5, 5.41) is 12.9. The van der Waals surface area contributed by atoms with E-state index in [0.29, 0.717) is 29.9 Å². The van der Waals surface area contributed by atoms with Crippen molar-refractivity contribution in [2.45, 2.75) is 32.6 Å². The van der Waals surface area contributed by atoms with E-state index in [0.717, 1.165) is 0 Å². The van der Waals surface area contributed by atoms with Crippen molar-refractivity contribution in [1.29, 1.82) is 0 Å². The van der Waals surface area contributed by atoms with Gasteiger partial charge in [0.1, 0.15) is 5.92 Å². The van der Waals surface area contributed by atoms with Crippen LogP contribution in [0.1, 0.15) is 38.2 Å². The van der Waals surface area contributed by atoms with Gasteiger partial charge in [0.15, 0.2) is 17.3 Å². The number of Topliss-reactive ketones (excluding diaryl/α,β-unsaturated/α-hetero) is 1. The third-order valence-electron chi connectivity index (χ3n) is 5.20. The van der Waals surface area contributed by atoms with Gasteiger partial charge in [0.25, 0.3) is 0 Å². The van der Waals surface area contributed by atoms with Crippen LogP contribution in [0.3, 0.4) is 0 Å². The number of amides is 1. The number of allylic oxidation sites excluding steroid dienone is 2. The smallest absolute Gasteiger partial charge is 0.316 e. The Morgan fingerprint density at radius 1 is 1.32 bits per heavy atom. The van der Waals surface area contributed by atoms with Crippen LogP contribution < -0.4 is 10.1 Å². The maximum atomic E-state index is 13.2. The summed E-state index contributed by atoms with van der Waals surface area (Å²) in [6.07, 6.45) is 0.409. The van der Waals surface area contributed by atoms with Crippen LogP contribution in [0, 0.1) is 11.8 Å². The number of halogens is 1. The molecule has 7 nitrogen and oxygen atoms in total. The highest BCUT2D eigenvalue weighted by molar-refractivity contribution is 6.32. The SMILES string of the molecule is CCOc1cc([C@H]2CC(=O)NC3=C2C(=O)[C@@H](C(=O)OC)[C@@H](C)C3)cc(Cl)c1O. The largest absolute Gasteiger partial charge is 0.503 e. The lowest BCUT2D eigenvalue weighted by Gasteiger charge is -2.36. The van der Waals surface area contributed by atoms with E-state index in [-0.39, 0.29) is 40.6 Å². The molecule has 0 spiro atoms. The summed E-state index contributed by atoms with van der Waals surface area (Å²) in [4.78, 5) is 37.7. The van der Waals surface area contributed by atoms with Gasteiger partial charge < -0.3 is 19.9 Å². The Labute approximate surface area is 167 Å². The Kier molecular flexibility index (Phi) is 5.65. The fourth-order valence-corrected chi connectivity index (χ4v) is 4.16. The number of ether oxygens (including phenoxy) is 2. The molecule has 1 heterocycles. The van der Waals surface area contributed by atoms with Crippen molar-refractivity contribution in [3.8, 4) is 11.5 Å². The van der Waals surface area contributed by atoms with Crippen LogP contribution in [0.25, 0.3) is 0 Å². The molecule has 3 rings (SSSR count). The number of hydrogen-bond acceptors (Lipinski definition) is 6. The number of ketones is 1. The Hall–Kier alpha value is -2.54. The number of methoxy groups -OCH3 is 1. The molecule has 150 valence electrons. The van der Waals surface area contributed by atoms with Crippen LogP contribution in [0.15, 0.2) is 23.4 Å². The second-order valence-corrected chi connectivity index (χ2v) is 7.43. The first-order valence-electron chi connectivity index (χ1n) is 9.08. The number of aromatic hydroxyl groups is 1. The van der Waals surface area contributed by atoms with Gasteiger partial charge in [0, 0.05) is 23.6 Å². The van der Waals surface area contributed by atoms with Crippen molar-refractivity contribution >= 4 is 29.3 Å². The van der Waals surface area contributed by atoms with Gasteiger partial charge in [-0.15, -0.1) is 0 Å². The number of esters is 1. The van der Waals surface area contributed by atoms with Gasteiger partial charge in [-0.05, 0) is 37.0 Å². The van der Waals surface area contributed by atoms with E-state index in [1.54, 1.807) is 19.9 Å². The lowest BCUT2D eigenvalue weighted by atomic mass is 9.70. The number of carbonyl (C=O) groups is 3. The first-order valence-corrected chi connectivity index (χ1v) is 9.46. The Balaban J connectivity index is 2.11. The number of phenolic OH excluding ortho intramolecular Hbond substituents is 1. The molecule has 1 aromatic carbocycles. The molecule has 2 N–H and O–H groups in total. The minimum atomic E-state index is -0.916. The maximum absolute atomic E-state index is 13.2. The summed E-state index contributed by atoms with van der Waals surface area (Å²) in [5.41, 5.74) is 1.48. The van der Waals surface area contributed by atoms with E-state index >= 15 is 0 Å². The van der Waals surface area contributed by atoms with Gasteiger partial charge in [-0.25, -0.2) is 0 Å². The molecule has 0 saturated carbocycles. The molecule has 3 atom stereocenters. The quantitative estimate of drug-likeness (QED) is 0.587. The first-order chi connectivity index (χ1) is 13.3. The normalized spacial score (nSPS) is 24.5. The molecule has 0 saturated heterocycles. The van der Waals surface area contributed by atoms with Crippen molar-refractivity contribution in [2.75, 3.05) is 13.7 Å². The zero-order chi connectivity index (χ0) is 20.6. The molecule has 8 heteroatoms. The average Bonchev–Trinajstić information content (AvgIpc) is 2.64. The molecule has 1 aliphatic carbocycles. The standard InChI is InChI=1S/C20H22ClNO6/c1-4-28-14-7-10(6-12(21)18(14)24)11-8-15(23)22-13-5-9(2)16(20(26)27-3)19(25)17(11)13/h6-7,9,11,16,24H,4-5,8H2,1-3H3,(H,22,23)/t9-,11+,16-/m0/s1. The van der Waals surface area contributed by atoms with Crippen LogP contribution >= 0.6 is 11.6 Å². The maximum Gasteiger partial charge on any atom is 0.316 e. The van der Waals surface area contributed by atoms with Crippen LogP contribution in [0.4, 0.5) is 0 Å². The zero-order valence-electron chi connectivity index (χ0n) is 15.9. The second-order valence-electron chi connectivity index (χ2n) is 7.03. The van der Waals surface area contributed by atoms with Crippen molar-refractivity contribution in [3.05, 3.63) is 34.0 Å². The zero-order valence-corrected chi connectivity index (χ0v) is 16.6. The Morgan fingerprint density at radius 2 is 2.04 bits per heavy atom. The molecule has 1 aliphatic heterocycles. The van der Waals surface area contributed by atoms with Crippen LogP contribution in [0.2, 0.25) is 5.02 Å². The molecule has 0 radical (unpaired) electrons. The van der Waals surface area contributed by atoms with Crippen LogP contribution in [-0.2, 0) is 19.1 Å². The molecule has 1 aromatic rings. The van der Waals surface area contributed by atoms with E-state index in [1.807, 2.05) is 0 Å². The Bertz CT molecular complexity index is 878. The lowest BCUT2D eigenvalue weighted by molar-refractivity contribution is -0.151. The molecule has 28 heavy (non-hydrogen) atoms. The summed E-state index contributed by atoms with van der Waals surface area (Å²) in [7, 11) is 1.25. The molecule has 1 amide bonds. The van der Waals surface area contributed by atoms with Gasteiger partial charge in [-0.2, -0.15) is 0 Å². The van der Waals surface area contributed by atoms with Crippen molar-refractivity contribution in [1.82, 2.24) is 5.32 Å². The molecule has 2 aliphatic rings. The van der Waals surface area contributed by atoms with Crippen molar-refractivity contribution in [3.63, 3.8) is 0 Å². The van der Waals surface area contributed by atoms with E-state index in [2.05, 4.69) is 5.32 Å². The van der Waals surface area contributed by atoms with E-state index in [4.69, 9.17) is 21.1 Å². The summed E-state index contributed by atoms with van der Waals surface area (Å²) in [5.74, 6) is -2.97. The summed E-state index contributed by atoms with van der Waals surface area (Å²) < 4.78 is 10.2. The number of hydrogen-bond donors (Lipinski definition) is 2. The predicted molar refractivity (Wildman–Crippen MR) is 101 cm³/mol. The minimum Gasteiger partial charge on any atom is -0.503 e. The van der Waals surface area contributed by atoms with Crippen LogP contribution in [0.5, 0.6) is 11.5 Å². The molecule has 0 unspecified atom stereocenters. The van der Waals surface area contributed by atoms with E-state index < -0.39 is 17.8 Å². The summed E-state index contributed by atoms with van der Waals surface area (Å²) in [6, 6.07) is 3.10. The monoisotopic (exact) mass is 407 g/mol. The van der Waals surface area contributed by atoms with Crippen molar-refractivity contribution < 1.29 is 29.0 Å². The number of benzene rings is 1. The fraction of sp³-hybridized carbons (Fsp3) is 0.450. The van der Waals surface area contributed by atoms with Crippen LogP contribution in [-0.4, -0.2) is 36.5 Å². The number of nitrogens with one attached hydrogen (secondary N) is 1. The van der Waals surface area contributed by atoms with Gasteiger partial charge in [-0.1, -0.05) is 18.5 Å². The highest BCUT2D eigenvalue weighted by Crippen LogP contribution is 2.45. The van der Waals surface area contributed by atoms with Gasteiger partial charge in [0.05, 0.1) is 18.7 Å². The van der Waals surface area contributed by atoms with Gasteiger partial charge in [-0.3, -0.25) is 14.4 Å². The van der Waals surface area contributed by atoms with Gasteiger partial charge >= 0.3 is 5.97 Å². The highest BCUT2D eigenvalue weighted by Gasteiger charge is 2.45. The number of carbonyl (C=O) groups excluding carboxylic acids is 3. The lowest BCUT2D eigenvalue weighted by Crippen LogP contribution is -2.44. The number of phenols is 1. The van der Waals surface area contributed by atoms with Crippen molar-refractivity contribution in [2.24, 2.45) is 11.8 Å².